The van der Waals surface area contributed by atoms with Gasteiger partial charge >= 0.3 is 0 Å². The standard InChI is InChI=1S/C12H26N2O/c1-5-6-8-12(3,4)14-10-7-9-13-11(2)15/h14H,5-10H2,1-4H3,(H,13,15). The fourth-order valence-corrected chi connectivity index (χ4v) is 1.49. The molecule has 90 valence electrons. The molecule has 0 bridgehead atoms. The molecule has 0 radical (unpaired) electrons. The Hall–Kier alpha value is -0.570. The molecule has 0 saturated carbocycles. The normalized spacial score (nSPS) is 11.5. The number of hydrogen-bond acceptors (Lipinski definition) is 2. The largest absolute Gasteiger partial charge is 0.356 e. The monoisotopic (exact) mass is 214 g/mol. The van der Waals surface area contributed by atoms with E-state index in [1.165, 1.54) is 19.3 Å². The number of unbranched alkanes of at least 4 members (excludes halogenated alkanes) is 1. The van der Waals surface area contributed by atoms with Crippen LogP contribution in [-0.4, -0.2) is 24.5 Å². The van der Waals surface area contributed by atoms with E-state index in [-0.39, 0.29) is 11.4 Å². The Morgan fingerprint density at radius 3 is 2.40 bits per heavy atom. The lowest BCUT2D eigenvalue weighted by molar-refractivity contribution is -0.118. The van der Waals surface area contributed by atoms with Crippen molar-refractivity contribution in [2.75, 3.05) is 13.1 Å². The number of carbonyl (C=O) groups excluding carboxylic acids is 1. The van der Waals surface area contributed by atoms with E-state index in [1.807, 2.05) is 0 Å². The summed E-state index contributed by atoms with van der Waals surface area (Å²) in [5, 5.41) is 6.31. The van der Waals surface area contributed by atoms with E-state index in [0.717, 1.165) is 19.5 Å². The SMILES string of the molecule is CCCCC(C)(C)NCCCNC(C)=O. The first-order valence-electron chi connectivity index (χ1n) is 5.97. The van der Waals surface area contributed by atoms with Gasteiger partial charge in [0.2, 0.25) is 5.91 Å². The Labute approximate surface area is 94.0 Å². The number of rotatable bonds is 8. The Balaban J connectivity index is 3.43. The third-order valence-electron chi connectivity index (χ3n) is 2.49. The molecule has 3 heteroatoms. The lowest BCUT2D eigenvalue weighted by Gasteiger charge is -2.26. The van der Waals surface area contributed by atoms with Crippen molar-refractivity contribution in [1.29, 1.82) is 0 Å². The summed E-state index contributed by atoms with van der Waals surface area (Å²) in [6.07, 6.45) is 4.72. The van der Waals surface area contributed by atoms with Gasteiger partial charge < -0.3 is 10.6 Å². The zero-order chi connectivity index (χ0) is 11.7. The molecule has 0 aliphatic rings. The van der Waals surface area contributed by atoms with Gasteiger partial charge in [0.05, 0.1) is 0 Å². The van der Waals surface area contributed by atoms with E-state index >= 15 is 0 Å². The molecule has 0 heterocycles. The predicted molar refractivity (Wildman–Crippen MR) is 64.9 cm³/mol. The zero-order valence-electron chi connectivity index (χ0n) is 10.7. The highest BCUT2D eigenvalue weighted by atomic mass is 16.1. The Bertz CT molecular complexity index is 178. The summed E-state index contributed by atoms with van der Waals surface area (Å²) in [4.78, 5) is 10.6. The fourth-order valence-electron chi connectivity index (χ4n) is 1.49. The summed E-state index contributed by atoms with van der Waals surface area (Å²) in [6, 6.07) is 0. The molecule has 0 unspecified atom stereocenters. The van der Waals surface area contributed by atoms with Crippen LogP contribution in [0.1, 0.15) is 53.4 Å². The van der Waals surface area contributed by atoms with Gasteiger partial charge in [-0.3, -0.25) is 4.79 Å². The van der Waals surface area contributed by atoms with Crippen LogP contribution in [0.25, 0.3) is 0 Å². The van der Waals surface area contributed by atoms with Crippen molar-refractivity contribution in [3.05, 3.63) is 0 Å². The molecule has 0 aliphatic heterocycles. The summed E-state index contributed by atoms with van der Waals surface area (Å²) >= 11 is 0. The fraction of sp³-hybridized carbons (Fsp3) is 0.917. The molecule has 0 aromatic carbocycles. The first kappa shape index (κ1) is 14.4. The quantitative estimate of drug-likeness (QED) is 0.607. The molecular formula is C12H26N2O. The summed E-state index contributed by atoms with van der Waals surface area (Å²) in [7, 11) is 0. The molecule has 1 amide bonds. The second-order valence-electron chi connectivity index (χ2n) is 4.75. The van der Waals surface area contributed by atoms with Crippen molar-refractivity contribution in [1.82, 2.24) is 10.6 Å². The second kappa shape index (κ2) is 7.69. The van der Waals surface area contributed by atoms with Gasteiger partial charge in [0, 0.05) is 19.0 Å². The highest BCUT2D eigenvalue weighted by Gasteiger charge is 2.14. The molecule has 15 heavy (non-hydrogen) atoms. The molecule has 0 aromatic heterocycles. The molecular weight excluding hydrogens is 188 g/mol. The topological polar surface area (TPSA) is 41.1 Å². The van der Waals surface area contributed by atoms with Crippen molar-refractivity contribution in [3.8, 4) is 0 Å². The molecule has 0 aliphatic carbocycles. The highest BCUT2D eigenvalue weighted by molar-refractivity contribution is 5.72. The van der Waals surface area contributed by atoms with Gasteiger partial charge in [-0.05, 0) is 33.2 Å². The Morgan fingerprint density at radius 2 is 1.87 bits per heavy atom. The smallest absolute Gasteiger partial charge is 0.216 e. The summed E-state index contributed by atoms with van der Waals surface area (Å²) in [5.74, 6) is 0.0558. The average Bonchev–Trinajstić information content (AvgIpc) is 2.14. The van der Waals surface area contributed by atoms with Crippen LogP contribution in [0, 0.1) is 0 Å². The summed E-state index contributed by atoms with van der Waals surface area (Å²) in [6.45, 7) is 9.98. The van der Waals surface area contributed by atoms with Crippen molar-refractivity contribution in [3.63, 3.8) is 0 Å². The Kier molecular flexibility index (Phi) is 7.39. The van der Waals surface area contributed by atoms with Crippen LogP contribution in [0.2, 0.25) is 0 Å². The molecule has 0 aromatic rings. The molecule has 0 atom stereocenters. The van der Waals surface area contributed by atoms with E-state index < -0.39 is 0 Å². The van der Waals surface area contributed by atoms with E-state index in [1.54, 1.807) is 6.92 Å². The van der Waals surface area contributed by atoms with Crippen LogP contribution in [0.3, 0.4) is 0 Å². The van der Waals surface area contributed by atoms with E-state index in [9.17, 15) is 4.79 Å². The maximum absolute atomic E-state index is 10.6. The van der Waals surface area contributed by atoms with E-state index in [0.29, 0.717) is 0 Å². The minimum absolute atomic E-state index is 0.0558. The average molecular weight is 214 g/mol. The molecule has 0 spiro atoms. The van der Waals surface area contributed by atoms with Crippen molar-refractivity contribution in [2.24, 2.45) is 0 Å². The van der Waals surface area contributed by atoms with Crippen LogP contribution in [0.15, 0.2) is 0 Å². The predicted octanol–water partition coefficient (Wildman–Crippen LogP) is 2.07. The molecule has 0 saturated heterocycles. The first-order valence-corrected chi connectivity index (χ1v) is 5.97. The van der Waals surface area contributed by atoms with E-state index in [2.05, 4.69) is 31.4 Å². The number of carbonyl (C=O) groups is 1. The van der Waals surface area contributed by atoms with Gasteiger partial charge in [-0.2, -0.15) is 0 Å². The number of amides is 1. The van der Waals surface area contributed by atoms with Gasteiger partial charge in [-0.1, -0.05) is 19.8 Å². The van der Waals surface area contributed by atoms with Crippen LogP contribution in [0.4, 0.5) is 0 Å². The van der Waals surface area contributed by atoms with Crippen molar-refractivity contribution < 1.29 is 4.79 Å². The number of nitrogens with one attached hydrogen (secondary N) is 2. The third kappa shape index (κ3) is 9.73. The second-order valence-corrected chi connectivity index (χ2v) is 4.75. The lowest BCUT2D eigenvalue weighted by Crippen LogP contribution is -2.40. The lowest BCUT2D eigenvalue weighted by atomic mass is 9.97. The van der Waals surface area contributed by atoms with Gasteiger partial charge in [0.15, 0.2) is 0 Å². The van der Waals surface area contributed by atoms with Gasteiger partial charge in [-0.15, -0.1) is 0 Å². The van der Waals surface area contributed by atoms with Crippen molar-refractivity contribution in [2.45, 2.75) is 58.9 Å². The van der Waals surface area contributed by atoms with Crippen molar-refractivity contribution >= 4 is 5.91 Å². The first-order chi connectivity index (χ1) is 6.98. The molecule has 3 nitrogen and oxygen atoms in total. The van der Waals surface area contributed by atoms with Crippen LogP contribution >= 0.6 is 0 Å². The van der Waals surface area contributed by atoms with Crippen LogP contribution < -0.4 is 10.6 Å². The molecule has 2 N–H and O–H groups in total. The third-order valence-corrected chi connectivity index (χ3v) is 2.49. The number of hydrogen-bond donors (Lipinski definition) is 2. The zero-order valence-corrected chi connectivity index (χ0v) is 10.7. The highest BCUT2D eigenvalue weighted by Crippen LogP contribution is 2.12. The van der Waals surface area contributed by atoms with Gasteiger partial charge in [0.25, 0.3) is 0 Å². The molecule has 0 rings (SSSR count). The molecule has 0 fully saturated rings. The maximum atomic E-state index is 10.6. The van der Waals surface area contributed by atoms with Gasteiger partial charge in [0.1, 0.15) is 0 Å². The summed E-state index contributed by atoms with van der Waals surface area (Å²) < 4.78 is 0. The van der Waals surface area contributed by atoms with Crippen LogP contribution in [-0.2, 0) is 4.79 Å². The van der Waals surface area contributed by atoms with E-state index in [4.69, 9.17) is 0 Å². The van der Waals surface area contributed by atoms with Gasteiger partial charge in [-0.25, -0.2) is 0 Å². The Morgan fingerprint density at radius 1 is 1.20 bits per heavy atom. The van der Waals surface area contributed by atoms with Crippen LogP contribution in [0.5, 0.6) is 0 Å². The minimum atomic E-state index is 0.0558. The maximum Gasteiger partial charge on any atom is 0.216 e. The summed E-state index contributed by atoms with van der Waals surface area (Å²) in [5.41, 5.74) is 0.228. The minimum Gasteiger partial charge on any atom is -0.356 e.